The lowest BCUT2D eigenvalue weighted by molar-refractivity contribution is -0.384. The van der Waals surface area contributed by atoms with E-state index >= 15 is 0 Å². The number of rotatable bonds is 4. The summed E-state index contributed by atoms with van der Waals surface area (Å²) in [6, 6.07) is 5.08. The number of anilines is 1. The summed E-state index contributed by atoms with van der Waals surface area (Å²) in [7, 11) is 0. The summed E-state index contributed by atoms with van der Waals surface area (Å²) < 4.78 is 18.8. The Morgan fingerprint density at radius 2 is 2.22 bits per heavy atom. The molecule has 0 aliphatic heterocycles. The normalized spacial score (nSPS) is 10.3. The second-order valence-corrected chi connectivity index (χ2v) is 4.32. The van der Waals surface area contributed by atoms with Gasteiger partial charge in [-0.15, -0.1) is 0 Å². The van der Waals surface area contributed by atoms with E-state index in [0.29, 0.717) is 5.76 Å². The number of halogens is 2. The average Bonchev–Trinajstić information content (AvgIpc) is 2.73. The van der Waals surface area contributed by atoms with Crippen molar-refractivity contribution in [2.24, 2.45) is 0 Å². The third-order valence-electron chi connectivity index (χ3n) is 2.29. The van der Waals surface area contributed by atoms with Gasteiger partial charge < -0.3 is 9.73 Å². The molecule has 0 spiro atoms. The van der Waals surface area contributed by atoms with Gasteiger partial charge in [0.1, 0.15) is 17.3 Å². The lowest BCUT2D eigenvalue weighted by Gasteiger charge is -2.05. The molecule has 0 radical (unpaired) electrons. The number of nitro groups is 1. The maximum atomic E-state index is 12.9. The Balaban J connectivity index is 2.19. The van der Waals surface area contributed by atoms with Gasteiger partial charge >= 0.3 is 0 Å². The fourth-order valence-electron chi connectivity index (χ4n) is 1.43. The van der Waals surface area contributed by atoms with Crippen molar-refractivity contribution in [2.45, 2.75) is 6.54 Å². The fraction of sp³-hybridized carbons (Fsp3) is 0.0909. The van der Waals surface area contributed by atoms with Gasteiger partial charge in [0.05, 0.1) is 28.3 Å². The molecule has 0 atom stereocenters. The molecule has 7 heteroatoms. The van der Waals surface area contributed by atoms with E-state index in [1.807, 2.05) is 0 Å². The van der Waals surface area contributed by atoms with Gasteiger partial charge in [0, 0.05) is 0 Å². The Labute approximate surface area is 110 Å². The van der Waals surface area contributed by atoms with Crippen molar-refractivity contribution in [3.63, 3.8) is 0 Å². The van der Waals surface area contributed by atoms with Crippen LogP contribution in [0.3, 0.4) is 0 Å². The Morgan fingerprint density at radius 3 is 2.83 bits per heavy atom. The molecule has 0 saturated heterocycles. The van der Waals surface area contributed by atoms with Crippen LogP contribution in [0.1, 0.15) is 5.76 Å². The second-order valence-electron chi connectivity index (χ2n) is 3.46. The van der Waals surface area contributed by atoms with Crippen molar-refractivity contribution < 1.29 is 13.7 Å². The lowest BCUT2D eigenvalue weighted by Crippen LogP contribution is -2.02. The number of hydrogen-bond donors (Lipinski definition) is 1. The molecule has 1 aromatic heterocycles. The van der Waals surface area contributed by atoms with Gasteiger partial charge in [-0.2, -0.15) is 0 Å². The van der Waals surface area contributed by atoms with E-state index in [1.165, 1.54) is 12.3 Å². The molecule has 1 heterocycles. The third kappa shape index (κ3) is 2.67. The lowest BCUT2D eigenvalue weighted by atomic mass is 10.2. The first-order valence-electron chi connectivity index (χ1n) is 4.97. The number of nitrogens with one attached hydrogen (secondary N) is 1. The van der Waals surface area contributed by atoms with E-state index in [0.717, 1.165) is 16.6 Å². The Bertz CT molecular complexity index is 585. The summed E-state index contributed by atoms with van der Waals surface area (Å²) in [6.07, 6.45) is 1.50. The Morgan fingerprint density at radius 1 is 1.44 bits per heavy atom. The van der Waals surface area contributed by atoms with Crippen molar-refractivity contribution >= 4 is 27.3 Å². The molecule has 0 aliphatic rings. The summed E-state index contributed by atoms with van der Waals surface area (Å²) in [5.74, 6) is -0.0416. The summed E-state index contributed by atoms with van der Waals surface area (Å²) in [5.41, 5.74) is -0.0672. The molecule has 0 fully saturated rings. The predicted octanol–water partition coefficient (Wildman–Crippen LogP) is 3.70. The highest BCUT2D eigenvalue weighted by molar-refractivity contribution is 9.10. The van der Waals surface area contributed by atoms with Gasteiger partial charge in [0.2, 0.25) is 0 Å². The van der Waals surface area contributed by atoms with E-state index < -0.39 is 10.7 Å². The SMILES string of the molecule is O=[N+]([O-])c1cc(F)ccc1NCc1occc1Br. The zero-order chi connectivity index (χ0) is 13.1. The molecule has 0 saturated carbocycles. The fourth-order valence-corrected chi connectivity index (χ4v) is 1.77. The second kappa shape index (κ2) is 5.18. The molecule has 0 bridgehead atoms. The molecular formula is C11H8BrFN2O3. The van der Waals surface area contributed by atoms with E-state index in [2.05, 4.69) is 21.2 Å². The summed E-state index contributed by atoms with van der Waals surface area (Å²) in [6.45, 7) is 0.264. The number of nitro benzene ring substituents is 1. The molecule has 2 aromatic rings. The number of hydrogen-bond acceptors (Lipinski definition) is 4. The van der Waals surface area contributed by atoms with Crippen LogP contribution >= 0.6 is 15.9 Å². The smallest absolute Gasteiger partial charge is 0.295 e. The number of benzene rings is 1. The number of furan rings is 1. The average molecular weight is 315 g/mol. The molecule has 1 aromatic carbocycles. The van der Waals surface area contributed by atoms with Crippen LogP contribution in [0.4, 0.5) is 15.8 Å². The van der Waals surface area contributed by atoms with E-state index in [9.17, 15) is 14.5 Å². The van der Waals surface area contributed by atoms with Crippen molar-refractivity contribution in [3.05, 3.63) is 56.7 Å². The van der Waals surface area contributed by atoms with Crippen molar-refractivity contribution in [1.29, 1.82) is 0 Å². The van der Waals surface area contributed by atoms with Crippen molar-refractivity contribution in [1.82, 2.24) is 0 Å². The molecule has 18 heavy (non-hydrogen) atoms. The summed E-state index contributed by atoms with van der Waals surface area (Å²) >= 11 is 3.27. The molecule has 5 nitrogen and oxygen atoms in total. The van der Waals surface area contributed by atoms with Crippen LogP contribution in [0.15, 0.2) is 39.4 Å². The molecule has 0 aliphatic carbocycles. The van der Waals surface area contributed by atoms with Gasteiger partial charge in [0.25, 0.3) is 5.69 Å². The Kier molecular flexibility index (Phi) is 3.61. The van der Waals surface area contributed by atoms with E-state index in [1.54, 1.807) is 6.07 Å². The van der Waals surface area contributed by atoms with E-state index in [4.69, 9.17) is 4.42 Å². The number of nitrogens with zero attached hydrogens (tertiary/aromatic N) is 1. The first kappa shape index (κ1) is 12.6. The highest BCUT2D eigenvalue weighted by Crippen LogP contribution is 2.26. The van der Waals surface area contributed by atoms with Crippen LogP contribution in [-0.4, -0.2) is 4.92 Å². The van der Waals surface area contributed by atoms with Gasteiger partial charge in [-0.3, -0.25) is 10.1 Å². The van der Waals surface area contributed by atoms with Gasteiger partial charge in [-0.05, 0) is 34.1 Å². The highest BCUT2D eigenvalue weighted by Gasteiger charge is 2.15. The minimum Gasteiger partial charge on any atom is -0.466 e. The zero-order valence-corrected chi connectivity index (χ0v) is 10.6. The van der Waals surface area contributed by atoms with Crippen LogP contribution in [0.2, 0.25) is 0 Å². The predicted molar refractivity (Wildman–Crippen MR) is 66.8 cm³/mol. The third-order valence-corrected chi connectivity index (χ3v) is 2.99. The molecule has 1 N–H and O–H groups in total. The van der Waals surface area contributed by atoms with Crippen molar-refractivity contribution in [2.75, 3.05) is 5.32 Å². The molecule has 94 valence electrons. The standard InChI is InChI=1S/C11H8BrFN2O3/c12-8-3-4-18-11(8)6-14-9-2-1-7(13)5-10(9)15(16)17/h1-5,14H,6H2. The maximum Gasteiger partial charge on any atom is 0.295 e. The maximum absolute atomic E-state index is 12.9. The quantitative estimate of drug-likeness (QED) is 0.690. The minimum absolute atomic E-state index is 0.240. The van der Waals surface area contributed by atoms with E-state index in [-0.39, 0.29) is 17.9 Å². The van der Waals surface area contributed by atoms with Crippen molar-refractivity contribution in [3.8, 4) is 0 Å². The monoisotopic (exact) mass is 314 g/mol. The topological polar surface area (TPSA) is 68.3 Å². The van der Waals surface area contributed by atoms with Crippen LogP contribution < -0.4 is 5.32 Å². The molecule has 2 rings (SSSR count). The molecule has 0 amide bonds. The first-order chi connectivity index (χ1) is 8.58. The van der Waals surface area contributed by atoms with Crippen LogP contribution in [0, 0.1) is 15.9 Å². The molecule has 0 unspecified atom stereocenters. The van der Waals surface area contributed by atoms with Crippen LogP contribution in [0.25, 0.3) is 0 Å². The zero-order valence-electron chi connectivity index (χ0n) is 9.02. The Hall–Kier alpha value is -1.89. The van der Waals surface area contributed by atoms with Crippen LogP contribution in [-0.2, 0) is 6.54 Å². The minimum atomic E-state index is -0.647. The van der Waals surface area contributed by atoms with Gasteiger partial charge in [-0.1, -0.05) is 0 Å². The van der Waals surface area contributed by atoms with Gasteiger partial charge in [0.15, 0.2) is 0 Å². The summed E-state index contributed by atoms with van der Waals surface area (Å²) in [4.78, 5) is 10.1. The summed E-state index contributed by atoms with van der Waals surface area (Å²) in [5, 5.41) is 13.6. The first-order valence-corrected chi connectivity index (χ1v) is 5.77. The van der Waals surface area contributed by atoms with Gasteiger partial charge in [-0.25, -0.2) is 4.39 Å². The van der Waals surface area contributed by atoms with Crippen LogP contribution in [0.5, 0.6) is 0 Å². The largest absolute Gasteiger partial charge is 0.466 e. The highest BCUT2D eigenvalue weighted by atomic mass is 79.9. The molecular weight excluding hydrogens is 307 g/mol.